The molecule has 0 aliphatic heterocycles. The van der Waals surface area contributed by atoms with Gasteiger partial charge in [0.1, 0.15) is 0 Å². The third-order valence-corrected chi connectivity index (χ3v) is 4.40. The Morgan fingerprint density at radius 3 is 2.75 bits per heavy atom. The maximum atomic E-state index is 10.8. The predicted molar refractivity (Wildman–Crippen MR) is 69.8 cm³/mol. The summed E-state index contributed by atoms with van der Waals surface area (Å²) in [5.41, 5.74) is -0.199. The van der Waals surface area contributed by atoms with Gasteiger partial charge in [-0.05, 0) is 42.0 Å². The predicted octanol–water partition coefficient (Wildman–Crippen LogP) is 3.87. The van der Waals surface area contributed by atoms with Crippen LogP contribution in [0.25, 0.3) is 0 Å². The molecule has 2 rings (SSSR count). The standard InChI is InChI=1S/C14H22OS/c1-11-7-13(2,3)10-14(15,8-11)9-12-5-4-6-16-12/h4-6,11,15H,7-10H2,1-3H3. The quantitative estimate of drug-likeness (QED) is 0.829. The van der Waals surface area contributed by atoms with E-state index in [1.54, 1.807) is 11.3 Å². The van der Waals surface area contributed by atoms with Crippen molar-refractivity contribution in [3.63, 3.8) is 0 Å². The number of thiophene rings is 1. The Kier molecular flexibility index (Phi) is 3.15. The Morgan fingerprint density at radius 1 is 1.44 bits per heavy atom. The van der Waals surface area contributed by atoms with Gasteiger partial charge in [0.2, 0.25) is 0 Å². The van der Waals surface area contributed by atoms with Crippen LogP contribution >= 0.6 is 11.3 Å². The summed E-state index contributed by atoms with van der Waals surface area (Å²) in [6.45, 7) is 6.82. The molecule has 1 aliphatic carbocycles. The topological polar surface area (TPSA) is 20.2 Å². The van der Waals surface area contributed by atoms with Crippen LogP contribution in [0.5, 0.6) is 0 Å². The molecule has 1 nitrogen and oxygen atoms in total. The third kappa shape index (κ3) is 2.86. The fraction of sp³-hybridized carbons (Fsp3) is 0.714. The molecule has 0 spiro atoms. The molecule has 0 amide bonds. The van der Waals surface area contributed by atoms with E-state index in [0.717, 1.165) is 19.3 Å². The molecule has 1 N–H and O–H groups in total. The van der Waals surface area contributed by atoms with E-state index in [9.17, 15) is 5.11 Å². The summed E-state index contributed by atoms with van der Waals surface area (Å²) in [5.74, 6) is 0.633. The van der Waals surface area contributed by atoms with Crippen LogP contribution in [0, 0.1) is 11.3 Å². The molecule has 1 heterocycles. The maximum Gasteiger partial charge on any atom is 0.0703 e. The van der Waals surface area contributed by atoms with Gasteiger partial charge in [-0.2, -0.15) is 0 Å². The van der Waals surface area contributed by atoms with E-state index in [1.807, 2.05) is 0 Å². The first-order valence-electron chi connectivity index (χ1n) is 6.13. The second-order valence-corrected chi connectivity index (χ2v) is 7.37. The van der Waals surface area contributed by atoms with E-state index in [1.165, 1.54) is 11.3 Å². The smallest absolute Gasteiger partial charge is 0.0703 e. The van der Waals surface area contributed by atoms with Gasteiger partial charge in [0.25, 0.3) is 0 Å². The molecule has 16 heavy (non-hydrogen) atoms. The van der Waals surface area contributed by atoms with Crippen molar-refractivity contribution in [1.29, 1.82) is 0 Å². The molecule has 0 saturated heterocycles. The van der Waals surface area contributed by atoms with Gasteiger partial charge >= 0.3 is 0 Å². The summed E-state index contributed by atoms with van der Waals surface area (Å²) in [6.07, 6.45) is 3.95. The fourth-order valence-corrected chi connectivity index (χ4v) is 4.41. The van der Waals surface area contributed by atoms with E-state index < -0.39 is 5.60 Å². The second-order valence-electron chi connectivity index (χ2n) is 6.33. The van der Waals surface area contributed by atoms with Crippen molar-refractivity contribution in [2.24, 2.45) is 11.3 Å². The molecule has 2 unspecified atom stereocenters. The minimum absolute atomic E-state index is 0.281. The zero-order chi connectivity index (χ0) is 11.8. The van der Waals surface area contributed by atoms with Crippen molar-refractivity contribution < 1.29 is 5.11 Å². The van der Waals surface area contributed by atoms with Crippen LogP contribution in [-0.4, -0.2) is 10.7 Å². The van der Waals surface area contributed by atoms with E-state index >= 15 is 0 Å². The monoisotopic (exact) mass is 238 g/mol. The molecule has 0 radical (unpaired) electrons. The first-order chi connectivity index (χ1) is 7.39. The Bertz CT molecular complexity index is 342. The van der Waals surface area contributed by atoms with E-state index in [0.29, 0.717) is 5.92 Å². The Labute approximate surface area is 103 Å². The number of hydrogen-bond donors (Lipinski definition) is 1. The lowest BCUT2D eigenvalue weighted by atomic mass is 9.65. The van der Waals surface area contributed by atoms with Crippen LogP contribution in [0.15, 0.2) is 17.5 Å². The van der Waals surface area contributed by atoms with Crippen molar-refractivity contribution in [3.05, 3.63) is 22.4 Å². The van der Waals surface area contributed by atoms with Gasteiger partial charge < -0.3 is 5.11 Å². The molecule has 0 aromatic carbocycles. The zero-order valence-corrected chi connectivity index (χ0v) is 11.3. The van der Waals surface area contributed by atoms with E-state index in [2.05, 4.69) is 38.3 Å². The summed E-state index contributed by atoms with van der Waals surface area (Å²) in [5, 5.41) is 12.8. The van der Waals surface area contributed by atoms with Crippen molar-refractivity contribution in [3.8, 4) is 0 Å². The van der Waals surface area contributed by atoms with Crippen LogP contribution < -0.4 is 0 Å². The molecule has 1 aromatic heterocycles. The Morgan fingerprint density at radius 2 is 2.19 bits per heavy atom. The molecule has 1 saturated carbocycles. The van der Waals surface area contributed by atoms with Crippen LogP contribution in [0.4, 0.5) is 0 Å². The molecular formula is C14H22OS. The number of hydrogen-bond acceptors (Lipinski definition) is 2. The lowest BCUT2D eigenvalue weighted by Crippen LogP contribution is -2.43. The first kappa shape index (κ1) is 12.1. The molecule has 1 fully saturated rings. The maximum absolute atomic E-state index is 10.8. The van der Waals surface area contributed by atoms with Crippen molar-refractivity contribution >= 4 is 11.3 Å². The largest absolute Gasteiger partial charge is 0.389 e. The van der Waals surface area contributed by atoms with Crippen LogP contribution in [0.3, 0.4) is 0 Å². The van der Waals surface area contributed by atoms with Gasteiger partial charge in [0.15, 0.2) is 0 Å². The minimum atomic E-state index is -0.480. The highest BCUT2D eigenvalue weighted by atomic mass is 32.1. The second kappa shape index (κ2) is 4.15. The Hall–Kier alpha value is -0.340. The summed E-state index contributed by atoms with van der Waals surface area (Å²) in [7, 11) is 0. The van der Waals surface area contributed by atoms with Gasteiger partial charge in [0.05, 0.1) is 5.60 Å². The van der Waals surface area contributed by atoms with Gasteiger partial charge in [-0.3, -0.25) is 0 Å². The van der Waals surface area contributed by atoms with E-state index in [4.69, 9.17) is 0 Å². The fourth-order valence-electron chi connectivity index (χ4n) is 3.57. The molecule has 2 heteroatoms. The van der Waals surface area contributed by atoms with Gasteiger partial charge in [0, 0.05) is 11.3 Å². The minimum Gasteiger partial charge on any atom is -0.389 e. The SMILES string of the molecule is CC1CC(C)(C)CC(O)(Cc2cccs2)C1. The highest BCUT2D eigenvalue weighted by molar-refractivity contribution is 7.09. The van der Waals surface area contributed by atoms with E-state index in [-0.39, 0.29) is 5.41 Å². The van der Waals surface area contributed by atoms with Crippen LogP contribution in [-0.2, 0) is 6.42 Å². The van der Waals surface area contributed by atoms with Crippen LogP contribution in [0.1, 0.15) is 44.9 Å². The highest BCUT2D eigenvalue weighted by Crippen LogP contribution is 2.45. The van der Waals surface area contributed by atoms with Gasteiger partial charge in [-0.1, -0.05) is 26.8 Å². The molecule has 2 atom stereocenters. The Balaban J connectivity index is 2.11. The molecule has 1 aliphatic rings. The van der Waals surface area contributed by atoms with Gasteiger partial charge in [-0.25, -0.2) is 0 Å². The third-order valence-electron chi connectivity index (χ3n) is 3.52. The summed E-state index contributed by atoms with van der Waals surface area (Å²) in [6, 6.07) is 4.20. The number of rotatable bonds is 2. The van der Waals surface area contributed by atoms with Crippen molar-refractivity contribution in [2.75, 3.05) is 0 Å². The summed E-state index contributed by atoms with van der Waals surface area (Å²) < 4.78 is 0. The zero-order valence-electron chi connectivity index (χ0n) is 10.5. The average Bonchev–Trinajstić information content (AvgIpc) is 2.49. The average molecular weight is 238 g/mol. The highest BCUT2D eigenvalue weighted by Gasteiger charge is 2.41. The number of aliphatic hydroxyl groups is 1. The molecular weight excluding hydrogens is 216 g/mol. The summed E-state index contributed by atoms with van der Waals surface area (Å²) in [4.78, 5) is 1.31. The van der Waals surface area contributed by atoms with Gasteiger partial charge in [-0.15, -0.1) is 11.3 Å². The molecule has 90 valence electrons. The molecule has 1 aromatic rings. The lowest BCUT2D eigenvalue weighted by Gasteiger charge is -2.44. The van der Waals surface area contributed by atoms with Crippen molar-refractivity contribution in [2.45, 2.75) is 52.1 Å². The normalized spacial score (nSPS) is 33.9. The van der Waals surface area contributed by atoms with Crippen molar-refractivity contribution in [1.82, 2.24) is 0 Å². The first-order valence-corrected chi connectivity index (χ1v) is 7.01. The lowest BCUT2D eigenvalue weighted by molar-refractivity contribution is -0.0569. The van der Waals surface area contributed by atoms with Crippen LogP contribution in [0.2, 0.25) is 0 Å². The summed E-state index contributed by atoms with van der Waals surface area (Å²) >= 11 is 1.76. The molecule has 0 bridgehead atoms.